The zero-order valence-electron chi connectivity index (χ0n) is 19.2. The van der Waals surface area contributed by atoms with Crippen LogP contribution >= 0.6 is 11.6 Å². The first kappa shape index (κ1) is 24.9. The molecule has 0 saturated heterocycles. The quantitative estimate of drug-likeness (QED) is 0.421. The Morgan fingerprint density at radius 2 is 1.58 bits per heavy atom. The molecule has 0 aromatic heterocycles. The summed E-state index contributed by atoms with van der Waals surface area (Å²) < 4.78 is 0. The minimum atomic E-state index is -0.440. The van der Waals surface area contributed by atoms with E-state index in [0.717, 1.165) is 35.4 Å². The summed E-state index contributed by atoms with van der Waals surface area (Å²) in [5.74, 6) is 0. The molecular formula is C29H36ClN. The highest BCUT2D eigenvalue weighted by Gasteiger charge is 2.39. The van der Waals surface area contributed by atoms with E-state index in [0.29, 0.717) is 13.0 Å². The van der Waals surface area contributed by atoms with Crippen LogP contribution in [0.2, 0.25) is 0 Å². The summed E-state index contributed by atoms with van der Waals surface area (Å²) in [6.07, 6.45) is 12.3. The molecule has 0 heterocycles. The fourth-order valence-corrected chi connectivity index (χ4v) is 4.46. The number of nitrogens with two attached hydrogens (primary N) is 1. The lowest BCUT2D eigenvalue weighted by Gasteiger charge is -2.38. The van der Waals surface area contributed by atoms with Crippen molar-refractivity contribution < 1.29 is 0 Å². The smallest absolute Gasteiger partial charge is 0.0503 e. The van der Waals surface area contributed by atoms with Crippen molar-refractivity contribution in [2.24, 2.45) is 5.73 Å². The molecule has 2 heteroatoms. The van der Waals surface area contributed by atoms with Crippen LogP contribution in [0.15, 0.2) is 102 Å². The largest absolute Gasteiger partial charge is 0.327 e. The van der Waals surface area contributed by atoms with Crippen molar-refractivity contribution in [2.45, 2.75) is 51.9 Å². The molecule has 1 aliphatic rings. The molecule has 1 unspecified atom stereocenters. The van der Waals surface area contributed by atoms with Crippen LogP contribution < -0.4 is 5.73 Å². The molecule has 2 aromatic carbocycles. The van der Waals surface area contributed by atoms with Gasteiger partial charge in [-0.2, -0.15) is 0 Å². The average Bonchev–Trinajstić information content (AvgIpc) is 3.04. The van der Waals surface area contributed by atoms with Crippen molar-refractivity contribution in [3.05, 3.63) is 118 Å². The third-order valence-corrected chi connectivity index (χ3v) is 5.92. The Morgan fingerprint density at radius 1 is 0.968 bits per heavy atom. The third kappa shape index (κ3) is 5.87. The van der Waals surface area contributed by atoms with Gasteiger partial charge in [0.1, 0.15) is 0 Å². The van der Waals surface area contributed by atoms with Gasteiger partial charge in [0.25, 0.3) is 0 Å². The van der Waals surface area contributed by atoms with Crippen molar-refractivity contribution in [3.63, 3.8) is 0 Å². The van der Waals surface area contributed by atoms with E-state index in [1.54, 1.807) is 0 Å². The summed E-state index contributed by atoms with van der Waals surface area (Å²) in [7, 11) is 0. The second-order valence-corrected chi connectivity index (χ2v) is 8.06. The normalized spacial score (nSPS) is 15.0. The highest BCUT2D eigenvalue weighted by Crippen LogP contribution is 2.47. The molecule has 2 aromatic rings. The van der Waals surface area contributed by atoms with Gasteiger partial charge in [0.15, 0.2) is 0 Å². The van der Waals surface area contributed by atoms with E-state index in [2.05, 4.69) is 86.3 Å². The summed E-state index contributed by atoms with van der Waals surface area (Å²) in [5.41, 5.74) is 11.4. The minimum absolute atomic E-state index is 0.440. The lowest BCUT2D eigenvalue weighted by atomic mass is 9.65. The van der Waals surface area contributed by atoms with E-state index >= 15 is 0 Å². The van der Waals surface area contributed by atoms with Crippen molar-refractivity contribution in [1.82, 2.24) is 0 Å². The van der Waals surface area contributed by atoms with Gasteiger partial charge in [0, 0.05) is 11.6 Å². The number of aryl methyl sites for hydroxylation is 1. The van der Waals surface area contributed by atoms with E-state index in [9.17, 15) is 0 Å². The van der Waals surface area contributed by atoms with Crippen LogP contribution in [0.5, 0.6) is 0 Å². The first-order chi connectivity index (χ1) is 15.1. The summed E-state index contributed by atoms with van der Waals surface area (Å²) >= 11 is 6.86. The SMILES string of the molecule is C=C(CN)CC(C1=C(Cl)C=CCC=C1)(c1ccccc1)c1ccc(CCC)cc1.CC. The molecule has 0 aliphatic heterocycles. The van der Waals surface area contributed by atoms with Gasteiger partial charge in [0.05, 0.1) is 5.41 Å². The van der Waals surface area contributed by atoms with Crippen LogP contribution in [0.4, 0.5) is 0 Å². The third-order valence-electron chi connectivity index (χ3n) is 5.59. The summed E-state index contributed by atoms with van der Waals surface area (Å²) in [6.45, 7) is 10.9. The highest BCUT2D eigenvalue weighted by atomic mass is 35.5. The molecule has 0 amide bonds. The molecule has 2 N–H and O–H groups in total. The van der Waals surface area contributed by atoms with Crippen LogP contribution in [0.1, 0.15) is 56.7 Å². The average molecular weight is 434 g/mol. The molecule has 0 spiro atoms. The molecule has 31 heavy (non-hydrogen) atoms. The zero-order chi connectivity index (χ0) is 22.7. The Morgan fingerprint density at radius 3 is 2.19 bits per heavy atom. The second kappa shape index (κ2) is 12.5. The van der Waals surface area contributed by atoms with Gasteiger partial charge >= 0.3 is 0 Å². The fraction of sp³-hybridized carbons (Fsp3) is 0.310. The predicted octanol–water partition coefficient (Wildman–Crippen LogP) is 7.87. The van der Waals surface area contributed by atoms with Gasteiger partial charge < -0.3 is 5.73 Å². The van der Waals surface area contributed by atoms with Crippen LogP contribution in [0.3, 0.4) is 0 Å². The van der Waals surface area contributed by atoms with Gasteiger partial charge in [-0.1, -0.05) is 124 Å². The standard InChI is InChI=1S/C27H30ClN.C2H6/c1-3-10-22-15-17-24(18-16-22)27(19-21(2)20-29,23-11-6-4-7-12-23)25-13-8-5-9-14-26(25)28;1-2/h4,6-9,11-18H,2-3,5,10,19-20,29H2,1H3;1-2H3. The van der Waals surface area contributed by atoms with Crippen molar-refractivity contribution in [2.75, 3.05) is 6.54 Å². The number of allylic oxidation sites excluding steroid dienone is 6. The maximum absolute atomic E-state index is 6.86. The van der Waals surface area contributed by atoms with E-state index in [4.69, 9.17) is 17.3 Å². The summed E-state index contributed by atoms with van der Waals surface area (Å²) in [4.78, 5) is 0. The van der Waals surface area contributed by atoms with Crippen molar-refractivity contribution >= 4 is 11.6 Å². The topological polar surface area (TPSA) is 26.0 Å². The Labute approximate surface area is 194 Å². The van der Waals surface area contributed by atoms with Crippen LogP contribution in [0.25, 0.3) is 0 Å². The lowest BCUT2D eigenvalue weighted by Crippen LogP contribution is -2.32. The molecule has 0 fully saturated rings. The number of hydrogen-bond donors (Lipinski definition) is 1. The van der Waals surface area contributed by atoms with Gasteiger partial charge in [0.2, 0.25) is 0 Å². The maximum Gasteiger partial charge on any atom is 0.0503 e. The van der Waals surface area contributed by atoms with Gasteiger partial charge in [-0.15, -0.1) is 0 Å². The minimum Gasteiger partial charge on any atom is -0.327 e. The fourth-order valence-electron chi connectivity index (χ4n) is 4.14. The molecule has 3 rings (SSSR count). The van der Waals surface area contributed by atoms with Crippen molar-refractivity contribution in [1.29, 1.82) is 0 Å². The molecule has 0 saturated carbocycles. The first-order valence-corrected chi connectivity index (χ1v) is 11.7. The van der Waals surface area contributed by atoms with E-state index in [1.807, 2.05) is 19.9 Å². The molecule has 1 aliphatic carbocycles. The Hall–Kier alpha value is -2.35. The van der Waals surface area contributed by atoms with Gasteiger partial charge in [-0.25, -0.2) is 0 Å². The predicted molar refractivity (Wildman–Crippen MR) is 138 cm³/mol. The number of rotatable bonds is 8. The summed E-state index contributed by atoms with van der Waals surface area (Å²) in [5, 5.41) is 0.769. The number of hydrogen-bond acceptors (Lipinski definition) is 1. The molecule has 164 valence electrons. The van der Waals surface area contributed by atoms with Crippen molar-refractivity contribution in [3.8, 4) is 0 Å². The first-order valence-electron chi connectivity index (χ1n) is 11.4. The number of halogens is 1. The Kier molecular flexibility index (Phi) is 10.0. The Balaban J connectivity index is 0.00000166. The Bertz CT molecular complexity index is 919. The lowest BCUT2D eigenvalue weighted by molar-refractivity contribution is 0.601. The highest BCUT2D eigenvalue weighted by molar-refractivity contribution is 6.32. The van der Waals surface area contributed by atoms with Gasteiger partial charge in [-0.05, 0) is 47.6 Å². The molecule has 0 bridgehead atoms. The second-order valence-electron chi connectivity index (χ2n) is 7.65. The van der Waals surface area contributed by atoms with Crippen LogP contribution in [-0.4, -0.2) is 6.54 Å². The summed E-state index contributed by atoms with van der Waals surface area (Å²) in [6, 6.07) is 19.6. The monoisotopic (exact) mass is 433 g/mol. The van der Waals surface area contributed by atoms with Crippen LogP contribution in [0, 0.1) is 0 Å². The molecule has 0 radical (unpaired) electrons. The maximum atomic E-state index is 6.86. The molecule has 1 nitrogen and oxygen atoms in total. The molecule has 1 atom stereocenters. The molecular weight excluding hydrogens is 398 g/mol. The number of benzene rings is 2. The van der Waals surface area contributed by atoms with Gasteiger partial charge in [-0.3, -0.25) is 0 Å². The van der Waals surface area contributed by atoms with E-state index in [1.165, 1.54) is 16.7 Å². The van der Waals surface area contributed by atoms with Crippen LogP contribution in [-0.2, 0) is 11.8 Å². The van der Waals surface area contributed by atoms with E-state index in [-0.39, 0.29) is 0 Å². The zero-order valence-corrected chi connectivity index (χ0v) is 20.0. The van der Waals surface area contributed by atoms with E-state index < -0.39 is 5.41 Å².